The standard InChI is InChI=1S/C13H18BrNO/c1-9(2)13(16)12(7-8-15)10-3-5-11(14)6-4-10/h3-6,9,12H,7-8,15H2,1-2H3. The van der Waals surface area contributed by atoms with Crippen LogP contribution in [-0.4, -0.2) is 12.3 Å². The zero-order chi connectivity index (χ0) is 12.1. The molecule has 0 saturated carbocycles. The SMILES string of the molecule is CC(C)C(=O)C(CCN)c1ccc(Br)cc1. The molecule has 0 saturated heterocycles. The van der Waals surface area contributed by atoms with E-state index in [-0.39, 0.29) is 17.6 Å². The fourth-order valence-corrected chi connectivity index (χ4v) is 2.00. The first-order valence-corrected chi connectivity index (χ1v) is 6.34. The molecule has 0 amide bonds. The average Bonchev–Trinajstić information content (AvgIpc) is 2.26. The highest BCUT2D eigenvalue weighted by Gasteiger charge is 2.21. The lowest BCUT2D eigenvalue weighted by molar-refractivity contribution is -0.123. The summed E-state index contributed by atoms with van der Waals surface area (Å²) in [5.41, 5.74) is 6.64. The lowest BCUT2D eigenvalue weighted by Gasteiger charge is -2.17. The van der Waals surface area contributed by atoms with E-state index in [9.17, 15) is 4.79 Å². The van der Waals surface area contributed by atoms with E-state index in [1.165, 1.54) is 0 Å². The van der Waals surface area contributed by atoms with Crippen LogP contribution < -0.4 is 5.73 Å². The minimum absolute atomic E-state index is 0.0557. The van der Waals surface area contributed by atoms with Gasteiger partial charge in [0, 0.05) is 16.3 Å². The van der Waals surface area contributed by atoms with Crippen molar-refractivity contribution in [2.75, 3.05) is 6.54 Å². The summed E-state index contributed by atoms with van der Waals surface area (Å²) in [7, 11) is 0. The third-order valence-corrected chi connectivity index (χ3v) is 3.17. The first-order valence-electron chi connectivity index (χ1n) is 5.55. The Morgan fingerprint density at radius 3 is 2.31 bits per heavy atom. The highest BCUT2D eigenvalue weighted by Crippen LogP contribution is 2.25. The van der Waals surface area contributed by atoms with Gasteiger partial charge < -0.3 is 5.73 Å². The van der Waals surface area contributed by atoms with Crippen LogP contribution in [0, 0.1) is 5.92 Å². The number of benzene rings is 1. The molecule has 1 unspecified atom stereocenters. The molecule has 1 aromatic carbocycles. The van der Waals surface area contributed by atoms with Crippen molar-refractivity contribution < 1.29 is 4.79 Å². The van der Waals surface area contributed by atoms with E-state index < -0.39 is 0 Å². The van der Waals surface area contributed by atoms with Gasteiger partial charge in [-0.25, -0.2) is 0 Å². The van der Waals surface area contributed by atoms with Crippen molar-refractivity contribution >= 4 is 21.7 Å². The summed E-state index contributed by atoms with van der Waals surface area (Å²) in [5.74, 6) is 0.270. The Bertz CT molecular complexity index is 345. The topological polar surface area (TPSA) is 43.1 Å². The number of hydrogen-bond acceptors (Lipinski definition) is 2. The summed E-state index contributed by atoms with van der Waals surface area (Å²) >= 11 is 3.39. The lowest BCUT2D eigenvalue weighted by atomic mass is 9.86. The molecule has 0 aliphatic rings. The quantitative estimate of drug-likeness (QED) is 0.902. The van der Waals surface area contributed by atoms with E-state index in [0.717, 1.165) is 16.5 Å². The number of Topliss-reactive ketones (excluding diaryl/α,β-unsaturated/α-hetero) is 1. The van der Waals surface area contributed by atoms with E-state index in [1.54, 1.807) is 0 Å². The molecular formula is C13H18BrNO. The Labute approximate surface area is 105 Å². The smallest absolute Gasteiger partial charge is 0.142 e. The predicted octanol–water partition coefficient (Wildman–Crippen LogP) is 3.11. The van der Waals surface area contributed by atoms with Gasteiger partial charge in [-0.05, 0) is 30.7 Å². The molecule has 88 valence electrons. The molecule has 2 nitrogen and oxygen atoms in total. The second kappa shape index (κ2) is 6.16. The van der Waals surface area contributed by atoms with Gasteiger partial charge in [0.2, 0.25) is 0 Å². The molecule has 0 aliphatic heterocycles. The summed E-state index contributed by atoms with van der Waals surface area (Å²) in [5, 5.41) is 0. The lowest BCUT2D eigenvalue weighted by Crippen LogP contribution is -2.21. The maximum Gasteiger partial charge on any atom is 0.142 e. The van der Waals surface area contributed by atoms with Gasteiger partial charge in [0.1, 0.15) is 5.78 Å². The average molecular weight is 284 g/mol. The Kier molecular flexibility index (Phi) is 5.16. The zero-order valence-electron chi connectivity index (χ0n) is 9.74. The van der Waals surface area contributed by atoms with Crippen molar-refractivity contribution in [3.05, 3.63) is 34.3 Å². The molecule has 0 spiro atoms. The van der Waals surface area contributed by atoms with Gasteiger partial charge >= 0.3 is 0 Å². The Hall–Kier alpha value is -0.670. The molecule has 1 rings (SSSR count). The summed E-state index contributed by atoms with van der Waals surface area (Å²) in [6.45, 7) is 4.41. The summed E-state index contributed by atoms with van der Waals surface area (Å²) in [6, 6.07) is 7.91. The maximum absolute atomic E-state index is 12.1. The van der Waals surface area contributed by atoms with Crippen LogP contribution in [0.3, 0.4) is 0 Å². The van der Waals surface area contributed by atoms with Gasteiger partial charge in [0.15, 0.2) is 0 Å². The van der Waals surface area contributed by atoms with Gasteiger partial charge in [-0.15, -0.1) is 0 Å². The number of ketones is 1. The molecule has 0 aliphatic carbocycles. The largest absolute Gasteiger partial charge is 0.330 e. The van der Waals surface area contributed by atoms with Crippen molar-refractivity contribution in [1.29, 1.82) is 0 Å². The fourth-order valence-electron chi connectivity index (χ4n) is 1.74. The van der Waals surface area contributed by atoms with Gasteiger partial charge in [-0.3, -0.25) is 4.79 Å². The van der Waals surface area contributed by atoms with Crippen molar-refractivity contribution in [3.63, 3.8) is 0 Å². The van der Waals surface area contributed by atoms with Gasteiger partial charge in [-0.1, -0.05) is 41.9 Å². The summed E-state index contributed by atoms with van der Waals surface area (Å²) in [4.78, 5) is 12.1. The van der Waals surface area contributed by atoms with Crippen LogP contribution in [0.1, 0.15) is 31.7 Å². The molecule has 0 aromatic heterocycles. The summed E-state index contributed by atoms with van der Waals surface area (Å²) in [6.07, 6.45) is 0.721. The van der Waals surface area contributed by atoms with Crippen LogP contribution in [0.5, 0.6) is 0 Å². The molecule has 0 radical (unpaired) electrons. The van der Waals surface area contributed by atoms with Crippen LogP contribution >= 0.6 is 15.9 Å². The number of nitrogens with two attached hydrogens (primary N) is 1. The fraction of sp³-hybridized carbons (Fsp3) is 0.462. The minimum Gasteiger partial charge on any atom is -0.330 e. The molecule has 1 aromatic rings. The first kappa shape index (κ1) is 13.4. The number of carbonyl (C=O) groups excluding carboxylic acids is 1. The normalized spacial score (nSPS) is 12.8. The Balaban J connectivity index is 2.93. The molecule has 2 N–H and O–H groups in total. The number of rotatable bonds is 5. The first-order chi connectivity index (χ1) is 7.56. The highest BCUT2D eigenvalue weighted by atomic mass is 79.9. The van der Waals surface area contributed by atoms with E-state index in [0.29, 0.717) is 6.54 Å². The monoisotopic (exact) mass is 283 g/mol. The van der Waals surface area contributed by atoms with Crippen molar-refractivity contribution in [2.24, 2.45) is 11.7 Å². The highest BCUT2D eigenvalue weighted by molar-refractivity contribution is 9.10. The molecule has 0 bridgehead atoms. The molecular weight excluding hydrogens is 266 g/mol. The number of halogens is 1. The molecule has 0 heterocycles. The van der Waals surface area contributed by atoms with E-state index in [2.05, 4.69) is 15.9 Å². The van der Waals surface area contributed by atoms with Gasteiger partial charge in [-0.2, -0.15) is 0 Å². The van der Waals surface area contributed by atoms with Crippen LogP contribution in [-0.2, 0) is 4.79 Å². The maximum atomic E-state index is 12.1. The second-order valence-corrected chi connectivity index (χ2v) is 5.15. The molecule has 0 fully saturated rings. The zero-order valence-corrected chi connectivity index (χ0v) is 11.3. The predicted molar refractivity (Wildman–Crippen MR) is 70.4 cm³/mol. The van der Waals surface area contributed by atoms with Crippen LogP contribution in [0.25, 0.3) is 0 Å². The molecule has 16 heavy (non-hydrogen) atoms. The van der Waals surface area contributed by atoms with Crippen LogP contribution in [0.2, 0.25) is 0 Å². The molecule has 3 heteroatoms. The van der Waals surface area contributed by atoms with Gasteiger partial charge in [0.05, 0.1) is 0 Å². The van der Waals surface area contributed by atoms with Crippen molar-refractivity contribution in [1.82, 2.24) is 0 Å². The van der Waals surface area contributed by atoms with Crippen molar-refractivity contribution in [3.8, 4) is 0 Å². The van der Waals surface area contributed by atoms with E-state index >= 15 is 0 Å². The third kappa shape index (κ3) is 3.42. The van der Waals surface area contributed by atoms with Crippen LogP contribution in [0.15, 0.2) is 28.7 Å². The van der Waals surface area contributed by atoms with Gasteiger partial charge in [0.25, 0.3) is 0 Å². The van der Waals surface area contributed by atoms with Crippen LogP contribution in [0.4, 0.5) is 0 Å². The summed E-state index contributed by atoms with van der Waals surface area (Å²) < 4.78 is 1.03. The van der Waals surface area contributed by atoms with Crippen molar-refractivity contribution in [2.45, 2.75) is 26.2 Å². The second-order valence-electron chi connectivity index (χ2n) is 4.24. The minimum atomic E-state index is -0.0573. The number of hydrogen-bond donors (Lipinski definition) is 1. The number of carbonyl (C=O) groups is 1. The third-order valence-electron chi connectivity index (χ3n) is 2.64. The Morgan fingerprint density at radius 2 is 1.88 bits per heavy atom. The van der Waals surface area contributed by atoms with E-state index in [4.69, 9.17) is 5.73 Å². The van der Waals surface area contributed by atoms with E-state index in [1.807, 2.05) is 38.1 Å². The molecule has 1 atom stereocenters. The Morgan fingerprint density at radius 1 is 1.31 bits per heavy atom.